The minimum Gasteiger partial charge on any atom is -0.355 e. The molecule has 4 rings (SSSR count). The van der Waals surface area contributed by atoms with Crippen LogP contribution in [0.2, 0.25) is 0 Å². The van der Waals surface area contributed by atoms with Crippen LogP contribution in [-0.2, 0) is 0 Å². The van der Waals surface area contributed by atoms with E-state index in [-0.39, 0.29) is 5.91 Å². The van der Waals surface area contributed by atoms with Gasteiger partial charge in [0, 0.05) is 37.1 Å². The number of amides is 1. The first-order valence-corrected chi connectivity index (χ1v) is 8.52. The summed E-state index contributed by atoms with van der Waals surface area (Å²) in [7, 11) is 0. The lowest BCUT2D eigenvalue weighted by Crippen LogP contribution is -2.38. The summed E-state index contributed by atoms with van der Waals surface area (Å²) in [5, 5.41) is 3.97. The van der Waals surface area contributed by atoms with Gasteiger partial charge in [0.15, 0.2) is 11.5 Å². The molecule has 3 aromatic rings. The van der Waals surface area contributed by atoms with Crippen LogP contribution in [0.4, 0.5) is 0 Å². The zero-order valence-corrected chi connectivity index (χ0v) is 13.8. The Balaban J connectivity index is 1.42. The Labute approximate surface area is 146 Å². The highest BCUT2D eigenvalue weighted by atomic mass is 16.5. The molecule has 3 heterocycles. The summed E-state index contributed by atoms with van der Waals surface area (Å²) >= 11 is 0. The molecule has 1 saturated heterocycles. The van der Waals surface area contributed by atoms with Crippen molar-refractivity contribution in [3.05, 3.63) is 72.2 Å². The van der Waals surface area contributed by atoms with Crippen LogP contribution in [0.5, 0.6) is 0 Å². The first-order valence-electron chi connectivity index (χ1n) is 8.52. The van der Waals surface area contributed by atoms with Crippen molar-refractivity contribution >= 4 is 5.91 Å². The van der Waals surface area contributed by atoms with Crippen molar-refractivity contribution in [2.24, 2.45) is 0 Å². The van der Waals surface area contributed by atoms with Crippen molar-refractivity contribution in [2.45, 2.75) is 18.8 Å². The number of aromatic nitrogens is 2. The predicted octanol–water partition coefficient (Wildman–Crippen LogP) is 3.76. The second kappa shape index (κ2) is 6.89. The van der Waals surface area contributed by atoms with Crippen LogP contribution in [0.3, 0.4) is 0 Å². The third kappa shape index (κ3) is 3.31. The number of carbonyl (C=O) groups excluding carboxylic acids is 1. The molecule has 2 aromatic heterocycles. The number of carbonyl (C=O) groups is 1. The zero-order chi connectivity index (χ0) is 17.1. The largest absolute Gasteiger partial charge is 0.355 e. The molecular weight excluding hydrogens is 314 g/mol. The molecule has 0 N–H and O–H groups in total. The molecule has 5 heteroatoms. The third-order valence-electron chi connectivity index (χ3n) is 4.73. The number of nitrogens with zero attached hydrogens (tertiary/aromatic N) is 3. The van der Waals surface area contributed by atoms with E-state index in [1.807, 2.05) is 47.5 Å². The molecule has 0 radical (unpaired) electrons. The van der Waals surface area contributed by atoms with Gasteiger partial charge < -0.3 is 9.42 Å². The van der Waals surface area contributed by atoms with Crippen LogP contribution in [-0.4, -0.2) is 34.0 Å². The van der Waals surface area contributed by atoms with Gasteiger partial charge in [-0.05, 0) is 30.4 Å². The fourth-order valence-electron chi connectivity index (χ4n) is 3.31. The first-order chi connectivity index (χ1) is 12.3. The van der Waals surface area contributed by atoms with Gasteiger partial charge in [0.05, 0.1) is 0 Å². The molecule has 5 nitrogen and oxygen atoms in total. The van der Waals surface area contributed by atoms with Crippen LogP contribution >= 0.6 is 0 Å². The summed E-state index contributed by atoms with van der Waals surface area (Å²) in [6.07, 6.45) is 5.60. The molecule has 1 aliphatic heterocycles. The Morgan fingerprint density at radius 1 is 1.08 bits per heavy atom. The first kappa shape index (κ1) is 15.6. The summed E-state index contributed by atoms with van der Waals surface area (Å²) in [5.74, 6) is 1.03. The molecular formula is C20H19N3O2. The Bertz CT molecular complexity index is 838. The van der Waals surface area contributed by atoms with E-state index in [1.165, 1.54) is 5.56 Å². The normalized spacial score (nSPS) is 15.3. The maximum atomic E-state index is 12.7. The van der Waals surface area contributed by atoms with Gasteiger partial charge in [0.1, 0.15) is 0 Å². The minimum absolute atomic E-state index is 0.0597. The van der Waals surface area contributed by atoms with Gasteiger partial charge in [-0.25, -0.2) is 0 Å². The van der Waals surface area contributed by atoms with Crippen LogP contribution in [0.15, 0.2) is 65.4 Å². The molecule has 25 heavy (non-hydrogen) atoms. The Morgan fingerprint density at radius 3 is 2.60 bits per heavy atom. The second-order valence-electron chi connectivity index (χ2n) is 6.30. The zero-order valence-electron chi connectivity index (χ0n) is 13.8. The average molecular weight is 333 g/mol. The molecule has 126 valence electrons. The van der Waals surface area contributed by atoms with Crippen LogP contribution in [0.25, 0.3) is 11.3 Å². The van der Waals surface area contributed by atoms with Gasteiger partial charge in [-0.15, -0.1) is 0 Å². The Kier molecular flexibility index (Phi) is 4.29. The molecule has 0 bridgehead atoms. The summed E-state index contributed by atoms with van der Waals surface area (Å²) in [5.41, 5.74) is 2.55. The van der Waals surface area contributed by atoms with Gasteiger partial charge in [-0.3, -0.25) is 9.78 Å². The molecule has 0 atom stereocenters. The van der Waals surface area contributed by atoms with Crippen molar-refractivity contribution < 1.29 is 9.32 Å². The van der Waals surface area contributed by atoms with Crippen LogP contribution in [0.1, 0.15) is 34.8 Å². The highest BCUT2D eigenvalue weighted by molar-refractivity contribution is 5.93. The highest BCUT2D eigenvalue weighted by Gasteiger charge is 2.26. The van der Waals surface area contributed by atoms with E-state index in [1.54, 1.807) is 12.3 Å². The maximum Gasteiger partial charge on any atom is 0.276 e. The number of hydrogen-bond acceptors (Lipinski definition) is 4. The van der Waals surface area contributed by atoms with E-state index >= 15 is 0 Å². The summed E-state index contributed by atoms with van der Waals surface area (Å²) < 4.78 is 5.35. The molecule has 1 aromatic carbocycles. The monoisotopic (exact) mass is 333 g/mol. The molecule has 0 aliphatic carbocycles. The van der Waals surface area contributed by atoms with E-state index < -0.39 is 0 Å². The maximum absolute atomic E-state index is 12.7. The number of hydrogen-bond donors (Lipinski definition) is 0. The number of benzene rings is 1. The third-order valence-corrected chi connectivity index (χ3v) is 4.73. The molecule has 1 aliphatic rings. The van der Waals surface area contributed by atoms with Gasteiger partial charge in [0.2, 0.25) is 0 Å². The van der Waals surface area contributed by atoms with E-state index in [4.69, 9.17) is 4.52 Å². The lowest BCUT2D eigenvalue weighted by molar-refractivity contribution is 0.0702. The SMILES string of the molecule is O=C(c1cc(-c2ccccc2)on1)N1CCC(c2cccnc2)CC1. The van der Waals surface area contributed by atoms with Crippen molar-refractivity contribution in [1.29, 1.82) is 0 Å². The van der Waals surface area contributed by atoms with Gasteiger partial charge in [-0.1, -0.05) is 41.6 Å². The van der Waals surface area contributed by atoms with Crippen molar-refractivity contribution in [3.63, 3.8) is 0 Å². The van der Waals surface area contributed by atoms with Crippen LogP contribution in [0, 0.1) is 0 Å². The molecule has 1 amide bonds. The fourth-order valence-corrected chi connectivity index (χ4v) is 3.31. The van der Waals surface area contributed by atoms with E-state index in [0.29, 0.717) is 17.4 Å². The van der Waals surface area contributed by atoms with Crippen LogP contribution < -0.4 is 0 Å². The van der Waals surface area contributed by atoms with Gasteiger partial charge in [0.25, 0.3) is 5.91 Å². The summed E-state index contributed by atoms with van der Waals surface area (Å²) in [6, 6.07) is 15.5. The standard InChI is InChI=1S/C20H19N3O2/c24-20(18-13-19(25-22-18)16-5-2-1-3-6-16)23-11-8-15(9-12-23)17-7-4-10-21-14-17/h1-7,10,13-15H,8-9,11-12H2. The van der Waals surface area contributed by atoms with Crippen molar-refractivity contribution in [3.8, 4) is 11.3 Å². The number of pyridine rings is 1. The highest BCUT2D eigenvalue weighted by Crippen LogP contribution is 2.28. The lowest BCUT2D eigenvalue weighted by Gasteiger charge is -2.31. The summed E-state index contributed by atoms with van der Waals surface area (Å²) in [6.45, 7) is 1.46. The molecule has 1 fully saturated rings. The Hall–Kier alpha value is -2.95. The number of likely N-dealkylation sites (tertiary alicyclic amines) is 1. The molecule has 0 unspecified atom stereocenters. The topological polar surface area (TPSA) is 59.2 Å². The van der Waals surface area contributed by atoms with E-state index in [9.17, 15) is 4.79 Å². The minimum atomic E-state index is -0.0597. The number of rotatable bonds is 3. The quantitative estimate of drug-likeness (QED) is 0.732. The second-order valence-corrected chi connectivity index (χ2v) is 6.30. The van der Waals surface area contributed by atoms with Gasteiger partial charge in [-0.2, -0.15) is 0 Å². The van der Waals surface area contributed by atoms with Crippen molar-refractivity contribution in [1.82, 2.24) is 15.0 Å². The van der Waals surface area contributed by atoms with Crippen molar-refractivity contribution in [2.75, 3.05) is 13.1 Å². The Morgan fingerprint density at radius 2 is 1.88 bits per heavy atom. The van der Waals surface area contributed by atoms with E-state index in [2.05, 4.69) is 16.2 Å². The number of piperidine rings is 1. The predicted molar refractivity (Wildman–Crippen MR) is 94.1 cm³/mol. The fraction of sp³-hybridized carbons (Fsp3) is 0.250. The van der Waals surface area contributed by atoms with E-state index in [0.717, 1.165) is 31.5 Å². The molecule has 0 saturated carbocycles. The summed E-state index contributed by atoms with van der Waals surface area (Å²) in [4.78, 5) is 18.7. The smallest absolute Gasteiger partial charge is 0.276 e. The average Bonchev–Trinajstić information content (AvgIpc) is 3.19. The van der Waals surface area contributed by atoms with Gasteiger partial charge >= 0.3 is 0 Å². The lowest BCUT2D eigenvalue weighted by atomic mass is 9.90. The molecule has 0 spiro atoms.